The van der Waals surface area contributed by atoms with Gasteiger partial charge in [-0.15, -0.1) is 10.2 Å². The molecule has 3 aromatic carbocycles. The molecule has 194 valence electrons. The van der Waals surface area contributed by atoms with E-state index in [0.29, 0.717) is 48.9 Å². The molecule has 0 saturated carbocycles. The molecule has 0 aliphatic carbocycles. The first-order valence-electron chi connectivity index (χ1n) is 12.2. The molecule has 0 radical (unpaired) electrons. The number of aromatic nitrogens is 4. The third-order valence-electron chi connectivity index (χ3n) is 6.35. The Kier molecular flexibility index (Phi) is 8.03. The number of aliphatic hydroxyl groups excluding tert-OH is 1. The van der Waals surface area contributed by atoms with Crippen LogP contribution in [0.25, 0.3) is 11.1 Å². The van der Waals surface area contributed by atoms with Crippen LogP contribution in [0.4, 0.5) is 4.39 Å². The number of aryl methyl sites for hydroxylation is 1. The van der Waals surface area contributed by atoms with Gasteiger partial charge in [-0.3, -0.25) is 0 Å². The number of phenols is 1. The van der Waals surface area contributed by atoms with Crippen molar-refractivity contribution < 1.29 is 24.1 Å². The minimum Gasteiger partial charge on any atom is -0.505 e. The third-order valence-corrected chi connectivity index (χ3v) is 6.35. The van der Waals surface area contributed by atoms with Crippen molar-refractivity contribution in [3.63, 3.8) is 0 Å². The van der Waals surface area contributed by atoms with Gasteiger partial charge in [0.05, 0.1) is 24.7 Å². The Morgan fingerprint density at radius 1 is 1.03 bits per heavy atom. The second-order valence-corrected chi connectivity index (χ2v) is 9.29. The molecule has 1 unspecified atom stereocenters. The van der Waals surface area contributed by atoms with E-state index in [-0.39, 0.29) is 5.75 Å². The van der Waals surface area contributed by atoms with E-state index in [1.165, 1.54) is 12.1 Å². The van der Waals surface area contributed by atoms with Gasteiger partial charge in [-0.1, -0.05) is 42.5 Å². The van der Waals surface area contributed by atoms with Gasteiger partial charge in [0.15, 0.2) is 17.4 Å². The molecule has 3 N–H and O–H groups in total. The fraction of sp³-hybridized carbons (Fsp3) is 0.321. The molecular weight excluding hydrogens is 475 g/mol. The monoisotopic (exact) mass is 506 g/mol. The summed E-state index contributed by atoms with van der Waals surface area (Å²) >= 11 is 0. The first-order chi connectivity index (χ1) is 17.8. The average molecular weight is 507 g/mol. The number of benzene rings is 3. The first kappa shape index (κ1) is 26.1. The second-order valence-electron chi connectivity index (χ2n) is 9.29. The zero-order chi connectivity index (χ0) is 26.4. The predicted octanol–water partition coefficient (Wildman–Crippen LogP) is 5.13. The van der Waals surface area contributed by atoms with Crippen LogP contribution in [0.5, 0.6) is 17.2 Å². The van der Waals surface area contributed by atoms with E-state index >= 15 is 0 Å². The number of para-hydroxylation sites is 1. The van der Waals surface area contributed by atoms with Gasteiger partial charge >= 0.3 is 0 Å². The summed E-state index contributed by atoms with van der Waals surface area (Å²) in [5, 5.41) is 34.9. The molecule has 4 rings (SSSR count). The molecule has 9 heteroatoms. The molecule has 1 atom stereocenters. The fourth-order valence-electron chi connectivity index (χ4n) is 4.11. The molecule has 0 bridgehead atoms. The molecule has 0 saturated heterocycles. The van der Waals surface area contributed by atoms with Gasteiger partial charge < -0.3 is 19.7 Å². The van der Waals surface area contributed by atoms with E-state index < -0.39 is 17.3 Å². The van der Waals surface area contributed by atoms with Crippen molar-refractivity contribution in [1.82, 2.24) is 20.6 Å². The molecule has 0 amide bonds. The Bertz CT molecular complexity index is 1310. The van der Waals surface area contributed by atoms with E-state index in [2.05, 4.69) is 20.6 Å². The van der Waals surface area contributed by atoms with Crippen molar-refractivity contribution in [1.29, 1.82) is 0 Å². The zero-order valence-electron chi connectivity index (χ0n) is 21.1. The number of halogens is 1. The number of rotatable bonds is 11. The number of nitrogens with one attached hydrogen (secondary N) is 1. The number of H-pyrrole nitrogens is 1. The molecule has 37 heavy (non-hydrogen) atoms. The maximum atomic E-state index is 13.7. The first-order valence-corrected chi connectivity index (χ1v) is 12.2. The molecule has 0 spiro atoms. The van der Waals surface area contributed by atoms with E-state index in [1.807, 2.05) is 69.3 Å². The van der Waals surface area contributed by atoms with Crippen LogP contribution >= 0.6 is 0 Å². The summed E-state index contributed by atoms with van der Waals surface area (Å²) < 4.78 is 25.5. The second kappa shape index (κ2) is 11.4. The van der Waals surface area contributed by atoms with Crippen LogP contribution in [0.2, 0.25) is 0 Å². The van der Waals surface area contributed by atoms with Gasteiger partial charge in [0.2, 0.25) is 0 Å². The molecule has 1 heterocycles. The van der Waals surface area contributed by atoms with Crippen molar-refractivity contribution >= 4 is 0 Å². The highest BCUT2D eigenvalue weighted by atomic mass is 19.1. The standard InChI is InChI=1S/C28H31FN4O4/c1-4-18-16-23(29)24(34)17-22(18)19-10-12-20(13-11-19)36-14-7-15-37-25-9-6-5-8-21(25)26(35)28(2,3)27-30-32-33-31-27/h5-6,8-13,16-17,26,34-35H,4,7,14-15H2,1-3H3,(H,30,31,32,33). The number of hydrogen-bond donors (Lipinski definition) is 3. The summed E-state index contributed by atoms with van der Waals surface area (Å²) in [6.45, 7) is 6.48. The van der Waals surface area contributed by atoms with Gasteiger partial charge in [0, 0.05) is 12.0 Å². The number of aliphatic hydroxyl groups is 1. The van der Waals surface area contributed by atoms with E-state index in [1.54, 1.807) is 0 Å². The Morgan fingerprint density at radius 2 is 1.76 bits per heavy atom. The van der Waals surface area contributed by atoms with Crippen LogP contribution in [0.3, 0.4) is 0 Å². The van der Waals surface area contributed by atoms with E-state index in [9.17, 15) is 14.6 Å². The van der Waals surface area contributed by atoms with Gasteiger partial charge in [0.1, 0.15) is 11.5 Å². The number of nitrogens with zero attached hydrogens (tertiary/aromatic N) is 3. The van der Waals surface area contributed by atoms with Crippen molar-refractivity contribution in [3.8, 4) is 28.4 Å². The minimum atomic E-state index is -0.896. The number of aromatic amines is 1. The molecule has 0 aliphatic heterocycles. The van der Waals surface area contributed by atoms with Crippen LogP contribution < -0.4 is 9.47 Å². The highest BCUT2D eigenvalue weighted by molar-refractivity contribution is 5.69. The quantitative estimate of drug-likeness (QED) is 0.242. The van der Waals surface area contributed by atoms with E-state index in [0.717, 1.165) is 16.7 Å². The summed E-state index contributed by atoms with van der Waals surface area (Å²) in [5.74, 6) is 0.725. The molecule has 4 aromatic rings. The van der Waals surface area contributed by atoms with Gasteiger partial charge in [-0.25, -0.2) is 4.39 Å². The van der Waals surface area contributed by atoms with Gasteiger partial charge in [0.25, 0.3) is 0 Å². The summed E-state index contributed by atoms with van der Waals surface area (Å²) in [4.78, 5) is 0. The topological polar surface area (TPSA) is 113 Å². The van der Waals surface area contributed by atoms with Gasteiger partial charge in [-0.2, -0.15) is 5.21 Å². The molecule has 1 aromatic heterocycles. The van der Waals surface area contributed by atoms with Crippen molar-refractivity contribution in [2.45, 2.75) is 45.1 Å². The van der Waals surface area contributed by atoms with Crippen molar-refractivity contribution in [2.75, 3.05) is 13.2 Å². The third kappa shape index (κ3) is 5.89. The molecular formula is C28H31FN4O4. The maximum Gasteiger partial charge on any atom is 0.183 e. The number of aromatic hydroxyl groups is 1. The lowest BCUT2D eigenvalue weighted by atomic mass is 9.81. The van der Waals surface area contributed by atoms with E-state index in [4.69, 9.17) is 9.47 Å². The van der Waals surface area contributed by atoms with Crippen molar-refractivity contribution in [2.24, 2.45) is 0 Å². The Balaban J connectivity index is 1.32. The average Bonchev–Trinajstić information content (AvgIpc) is 3.46. The largest absolute Gasteiger partial charge is 0.505 e. The highest BCUT2D eigenvalue weighted by Gasteiger charge is 2.36. The van der Waals surface area contributed by atoms with Crippen LogP contribution in [-0.2, 0) is 11.8 Å². The fourth-order valence-corrected chi connectivity index (χ4v) is 4.11. The summed E-state index contributed by atoms with van der Waals surface area (Å²) in [6, 6.07) is 17.7. The summed E-state index contributed by atoms with van der Waals surface area (Å²) in [6.07, 6.45) is 0.387. The number of tetrazole rings is 1. The molecule has 8 nitrogen and oxygen atoms in total. The Hall–Kier alpha value is -3.98. The number of ether oxygens (including phenoxy) is 2. The van der Waals surface area contributed by atoms with Crippen LogP contribution in [-0.4, -0.2) is 44.1 Å². The SMILES string of the molecule is CCc1cc(F)c(O)cc1-c1ccc(OCCCOc2ccccc2C(O)C(C)(C)c2nn[nH]n2)cc1. The van der Waals surface area contributed by atoms with Crippen LogP contribution in [0.15, 0.2) is 60.7 Å². The number of hydrogen-bond acceptors (Lipinski definition) is 7. The number of phenolic OH excluding ortho intramolecular Hbond substituents is 1. The summed E-state index contributed by atoms with van der Waals surface area (Å²) in [7, 11) is 0. The lowest BCUT2D eigenvalue weighted by Gasteiger charge is -2.28. The van der Waals surface area contributed by atoms with Crippen LogP contribution in [0.1, 0.15) is 50.2 Å². The van der Waals surface area contributed by atoms with Crippen LogP contribution in [0, 0.1) is 5.82 Å². The zero-order valence-corrected chi connectivity index (χ0v) is 21.1. The minimum absolute atomic E-state index is 0.361. The molecule has 0 fully saturated rings. The maximum absolute atomic E-state index is 13.7. The highest BCUT2D eigenvalue weighted by Crippen LogP contribution is 2.38. The lowest BCUT2D eigenvalue weighted by molar-refractivity contribution is 0.0913. The van der Waals surface area contributed by atoms with Crippen molar-refractivity contribution in [3.05, 3.63) is 83.4 Å². The predicted molar refractivity (Wildman–Crippen MR) is 137 cm³/mol. The molecule has 0 aliphatic rings. The lowest BCUT2D eigenvalue weighted by Crippen LogP contribution is -2.28. The Labute approximate surface area is 215 Å². The summed E-state index contributed by atoms with van der Waals surface area (Å²) in [5.41, 5.74) is 2.37. The Morgan fingerprint density at radius 3 is 2.46 bits per heavy atom. The van der Waals surface area contributed by atoms with Gasteiger partial charge in [-0.05, 0) is 67.3 Å². The normalized spacial score (nSPS) is 12.4. The smallest absolute Gasteiger partial charge is 0.183 e.